The number of aryl methyl sites for hydroxylation is 2. The van der Waals surface area contributed by atoms with E-state index in [1.54, 1.807) is 0 Å². The van der Waals surface area contributed by atoms with Gasteiger partial charge in [-0.1, -0.05) is 34.5 Å². The molecule has 0 aliphatic carbocycles. The van der Waals surface area contributed by atoms with Crippen molar-refractivity contribution in [2.45, 2.75) is 20.4 Å². The van der Waals surface area contributed by atoms with E-state index in [0.717, 1.165) is 41.4 Å². The minimum absolute atomic E-state index is 0.797. The lowest BCUT2D eigenvalue weighted by Gasteiger charge is -2.19. The molecule has 0 aromatic carbocycles. The molecule has 0 aliphatic heterocycles. The van der Waals surface area contributed by atoms with Gasteiger partial charge in [0, 0.05) is 25.5 Å². The maximum Gasteiger partial charge on any atom is 0.0860 e. The average molecular weight is 295 g/mol. The molecule has 5 heteroatoms. The Labute approximate surface area is 105 Å². The number of hydrogen-bond donors (Lipinski definition) is 0. The van der Waals surface area contributed by atoms with Crippen molar-refractivity contribution in [3.05, 3.63) is 16.4 Å². The first kappa shape index (κ1) is 13.0. The summed E-state index contributed by atoms with van der Waals surface area (Å²) in [5.74, 6) is 0. The van der Waals surface area contributed by atoms with Crippen molar-refractivity contribution in [3.8, 4) is 0 Å². The molecule has 0 unspecified atom stereocenters. The van der Waals surface area contributed by atoms with Gasteiger partial charge in [0.05, 0.1) is 16.4 Å². The van der Waals surface area contributed by atoms with Gasteiger partial charge in [-0.2, -0.15) is 5.10 Å². The Morgan fingerprint density at radius 1 is 1.53 bits per heavy atom. The Balaban J connectivity index is 2.78. The van der Waals surface area contributed by atoms with Crippen LogP contribution in [0.25, 0.3) is 0 Å². The lowest BCUT2D eigenvalue weighted by molar-refractivity contribution is 0.290. The van der Waals surface area contributed by atoms with Crippen LogP contribution in [0.2, 0.25) is 5.02 Å². The summed E-state index contributed by atoms with van der Waals surface area (Å²) >= 11 is 9.64. The van der Waals surface area contributed by atoms with Crippen LogP contribution in [0.15, 0.2) is 0 Å². The highest BCUT2D eigenvalue weighted by atomic mass is 79.9. The summed E-state index contributed by atoms with van der Waals surface area (Å²) in [5, 5.41) is 6.08. The Morgan fingerprint density at radius 2 is 2.20 bits per heavy atom. The summed E-state index contributed by atoms with van der Waals surface area (Å²) in [4.78, 5) is 2.33. The summed E-state index contributed by atoms with van der Waals surface area (Å²) in [7, 11) is 1.94. The molecule has 0 amide bonds. The van der Waals surface area contributed by atoms with E-state index in [9.17, 15) is 0 Å². The third-order valence-electron chi connectivity index (χ3n) is 2.48. The monoisotopic (exact) mass is 293 g/mol. The SMILES string of the molecule is CCN(CCBr)Cc1c(Cl)c(C)nn1C. The zero-order valence-corrected chi connectivity index (χ0v) is 11.8. The van der Waals surface area contributed by atoms with Crippen LogP contribution in [0.5, 0.6) is 0 Å². The van der Waals surface area contributed by atoms with Crippen molar-refractivity contribution in [1.29, 1.82) is 0 Å². The molecule has 0 radical (unpaired) electrons. The largest absolute Gasteiger partial charge is 0.297 e. The molecule has 1 aromatic heterocycles. The van der Waals surface area contributed by atoms with E-state index in [4.69, 9.17) is 11.6 Å². The van der Waals surface area contributed by atoms with Crippen molar-refractivity contribution in [2.75, 3.05) is 18.4 Å². The molecule has 1 rings (SSSR count). The van der Waals surface area contributed by atoms with Crippen molar-refractivity contribution < 1.29 is 0 Å². The lowest BCUT2D eigenvalue weighted by Crippen LogP contribution is -2.26. The highest BCUT2D eigenvalue weighted by molar-refractivity contribution is 9.09. The van der Waals surface area contributed by atoms with Crippen molar-refractivity contribution >= 4 is 27.5 Å². The molecular weight excluding hydrogens is 277 g/mol. The number of nitrogens with zero attached hydrogens (tertiary/aromatic N) is 3. The van der Waals surface area contributed by atoms with E-state index in [1.165, 1.54) is 0 Å². The number of aromatic nitrogens is 2. The van der Waals surface area contributed by atoms with Crippen molar-refractivity contribution in [3.63, 3.8) is 0 Å². The van der Waals surface area contributed by atoms with E-state index < -0.39 is 0 Å². The number of rotatable bonds is 5. The van der Waals surface area contributed by atoms with Crippen molar-refractivity contribution in [2.24, 2.45) is 7.05 Å². The van der Waals surface area contributed by atoms with Gasteiger partial charge in [-0.3, -0.25) is 9.58 Å². The normalized spacial score (nSPS) is 11.3. The Kier molecular flexibility index (Phi) is 5.09. The first-order chi connectivity index (χ1) is 7.10. The zero-order chi connectivity index (χ0) is 11.4. The van der Waals surface area contributed by atoms with Crippen LogP contribution in [0.4, 0.5) is 0 Å². The highest BCUT2D eigenvalue weighted by Gasteiger charge is 2.13. The number of alkyl halides is 1. The van der Waals surface area contributed by atoms with Crippen LogP contribution >= 0.6 is 27.5 Å². The predicted octanol–water partition coefficient (Wildman–Crippen LogP) is 2.60. The van der Waals surface area contributed by atoms with Gasteiger partial charge >= 0.3 is 0 Å². The van der Waals surface area contributed by atoms with E-state index in [2.05, 4.69) is 32.9 Å². The molecule has 0 saturated carbocycles. The fourth-order valence-electron chi connectivity index (χ4n) is 1.53. The van der Waals surface area contributed by atoms with Gasteiger partial charge in [0.2, 0.25) is 0 Å². The van der Waals surface area contributed by atoms with Crippen LogP contribution in [0, 0.1) is 6.92 Å². The Bertz CT molecular complexity index is 325. The summed E-state index contributed by atoms with van der Waals surface area (Å²) in [6.07, 6.45) is 0. The number of hydrogen-bond acceptors (Lipinski definition) is 2. The summed E-state index contributed by atoms with van der Waals surface area (Å²) in [6.45, 7) is 6.99. The molecule has 0 N–H and O–H groups in total. The molecule has 0 spiro atoms. The fourth-order valence-corrected chi connectivity index (χ4v) is 2.25. The van der Waals surface area contributed by atoms with E-state index >= 15 is 0 Å². The third kappa shape index (κ3) is 3.20. The second-order valence-electron chi connectivity index (χ2n) is 3.53. The molecule has 0 aliphatic rings. The minimum atomic E-state index is 0.797. The van der Waals surface area contributed by atoms with Gasteiger partial charge in [-0.05, 0) is 13.5 Å². The van der Waals surface area contributed by atoms with Crippen LogP contribution in [0.1, 0.15) is 18.3 Å². The molecule has 3 nitrogen and oxygen atoms in total. The van der Waals surface area contributed by atoms with Crippen LogP contribution in [0.3, 0.4) is 0 Å². The summed E-state index contributed by atoms with van der Waals surface area (Å²) in [5.41, 5.74) is 2.00. The second kappa shape index (κ2) is 5.87. The Morgan fingerprint density at radius 3 is 2.60 bits per heavy atom. The first-order valence-corrected chi connectivity index (χ1v) is 6.56. The predicted molar refractivity (Wildman–Crippen MR) is 67.7 cm³/mol. The van der Waals surface area contributed by atoms with Crippen LogP contribution in [-0.4, -0.2) is 33.1 Å². The van der Waals surface area contributed by atoms with E-state index in [-0.39, 0.29) is 0 Å². The minimum Gasteiger partial charge on any atom is -0.297 e. The summed E-state index contributed by atoms with van der Waals surface area (Å²) in [6, 6.07) is 0. The molecule has 0 bridgehead atoms. The summed E-state index contributed by atoms with van der Waals surface area (Å²) < 4.78 is 1.87. The fraction of sp³-hybridized carbons (Fsp3) is 0.700. The quantitative estimate of drug-likeness (QED) is 0.778. The molecule has 0 fully saturated rings. The van der Waals surface area contributed by atoms with Gasteiger partial charge in [0.1, 0.15) is 0 Å². The lowest BCUT2D eigenvalue weighted by atomic mass is 10.3. The maximum absolute atomic E-state index is 6.19. The van der Waals surface area contributed by atoms with Gasteiger partial charge in [0.15, 0.2) is 0 Å². The topological polar surface area (TPSA) is 21.1 Å². The molecule has 15 heavy (non-hydrogen) atoms. The third-order valence-corrected chi connectivity index (χ3v) is 3.33. The molecule has 86 valence electrons. The number of halogens is 2. The van der Waals surface area contributed by atoms with Crippen LogP contribution < -0.4 is 0 Å². The average Bonchev–Trinajstić information content (AvgIpc) is 2.44. The molecule has 1 heterocycles. The molecule has 1 aromatic rings. The highest BCUT2D eigenvalue weighted by Crippen LogP contribution is 2.20. The maximum atomic E-state index is 6.19. The smallest absolute Gasteiger partial charge is 0.0860 e. The van der Waals surface area contributed by atoms with E-state index in [1.807, 2.05) is 18.7 Å². The van der Waals surface area contributed by atoms with Gasteiger partial charge in [-0.15, -0.1) is 0 Å². The first-order valence-electron chi connectivity index (χ1n) is 5.06. The van der Waals surface area contributed by atoms with Crippen LogP contribution in [-0.2, 0) is 13.6 Å². The molecule has 0 atom stereocenters. The van der Waals surface area contributed by atoms with Crippen molar-refractivity contribution in [1.82, 2.24) is 14.7 Å². The van der Waals surface area contributed by atoms with Gasteiger partial charge in [0.25, 0.3) is 0 Å². The zero-order valence-electron chi connectivity index (χ0n) is 9.43. The van der Waals surface area contributed by atoms with Gasteiger partial charge < -0.3 is 0 Å². The molecular formula is C10H17BrClN3. The second-order valence-corrected chi connectivity index (χ2v) is 4.70. The Hall–Kier alpha value is -0.0600. The standard InChI is InChI=1S/C10H17BrClN3/c1-4-15(6-5-11)7-9-10(12)8(2)13-14(9)3/h4-7H2,1-3H3. The van der Waals surface area contributed by atoms with E-state index in [0.29, 0.717) is 0 Å². The molecule has 0 saturated heterocycles. The van der Waals surface area contributed by atoms with Gasteiger partial charge in [-0.25, -0.2) is 0 Å².